The molecule has 3 rings (SSSR count). The Morgan fingerprint density at radius 1 is 1.15 bits per heavy atom. The van der Waals surface area contributed by atoms with E-state index in [1.165, 1.54) is 23.7 Å². The monoisotopic (exact) mass is 376 g/mol. The molecule has 20 heavy (non-hydrogen) atoms. The van der Waals surface area contributed by atoms with Crippen molar-refractivity contribution in [3.05, 3.63) is 40.1 Å². The zero-order valence-corrected chi connectivity index (χ0v) is 14.0. The van der Waals surface area contributed by atoms with E-state index in [0.717, 1.165) is 38.5 Å². The van der Waals surface area contributed by atoms with Gasteiger partial charge in [0.25, 0.3) is 0 Å². The summed E-state index contributed by atoms with van der Waals surface area (Å²) in [5.41, 5.74) is 1.73. The molecule has 3 nitrogen and oxygen atoms in total. The molecule has 0 radical (unpaired) electrons. The molecule has 106 valence electrons. The van der Waals surface area contributed by atoms with Crippen LogP contribution in [0.2, 0.25) is 20.7 Å². The first-order valence-electron chi connectivity index (χ1n) is 6.43. The molecule has 0 amide bonds. The zero-order valence-electron chi connectivity index (χ0n) is 10.8. The number of halogens is 2. The van der Waals surface area contributed by atoms with E-state index in [9.17, 15) is 0 Å². The molecule has 6 heteroatoms. The summed E-state index contributed by atoms with van der Waals surface area (Å²) >= 11 is 12.8. The van der Waals surface area contributed by atoms with Crippen LogP contribution in [0.5, 0.6) is 0 Å². The predicted octanol–water partition coefficient (Wildman–Crippen LogP) is 4.00. The van der Waals surface area contributed by atoms with Crippen molar-refractivity contribution in [2.75, 3.05) is 13.1 Å². The van der Waals surface area contributed by atoms with E-state index in [4.69, 9.17) is 27.7 Å². The van der Waals surface area contributed by atoms with Crippen LogP contribution >= 0.6 is 23.2 Å². The van der Waals surface area contributed by atoms with Crippen molar-refractivity contribution in [2.24, 2.45) is 0 Å². The topological polar surface area (TPSA) is 29.3 Å². The summed E-state index contributed by atoms with van der Waals surface area (Å²) in [7, 11) is 0. The van der Waals surface area contributed by atoms with E-state index in [1.807, 2.05) is 18.2 Å². The average molecular weight is 376 g/mol. The van der Waals surface area contributed by atoms with Gasteiger partial charge in [-0.05, 0) is 0 Å². The standard InChI is InChI=1S/C14H14Cl2N2OSe/c15-12-2-1-10(7-13(12)16)14-8-11(19-17-14)9-18-3-5-20-6-4-18/h1-2,7-8H,3-6,9H2. The molecular weight excluding hydrogens is 362 g/mol. The summed E-state index contributed by atoms with van der Waals surface area (Å²) < 4.78 is 5.43. The summed E-state index contributed by atoms with van der Waals surface area (Å²) in [6, 6.07) is 7.48. The summed E-state index contributed by atoms with van der Waals surface area (Å²) in [5, 5.41) is 7.88. The van der Waals surface area contributed by atoms with Gasteiger partial charge in [-0.15, -0.1) is 0 Å². The van der Waals surface area contributed by atoms with E-state index >= 15 is 0 Å². The minimum absolute atomic E-state index is 0.534. The minimum atomic E-state index is 0.534. The van der Waals surface area contributed by atoms with Crippen LogP contribution in [-0.4, -0.2) is 38.1 Å². The molecule has 0 atom stereocenters. The molecule has 1 aromatic heterocycles. The molecule has 0 unspecified atom stereocenters. The van der Waals surface area contributed by atoms with Gasteiger partial charge < -0.3 is 0 Å². The molecule has 0 bridgehead atoms. The van der Waals surface area contributed by atoms with Gasteiger partial charge in [0, 0.05) is 0 Å². The summed E-state index contributed by atoms with van der Waals surface area (Å²) in [5.74, 6) is 0.903. The summed E-state index contributed by atoms with van der Waals surface area (Å²) in [6.07, 6.45) is 0. The first kappa shape index (κ1) is 14.4. The normalized spacial score (nSPS) is 16.5. The fraction of sp³-hybridized carbons (Fsp3) is 0.357. The number of hydrogen-bond donors (Lipinski definition) is 0. The van der Waals surface area contributed by atoms with Crippen molar-refractivity contribution in [1.29, 1.82) is 0 Å². The molecule has 0 spiro atoms. The van der Waals surface area contributed by atoms with Crippen LogP contribution in [-0.2, 0) is 6.54 Å². The SMILES string of the molecule is Clc1ccc(-c2cc(CN3CC[Se]CC3)on2)cc1Cl. The second kappa shape index (κ2) is 6.50. The van der Waals surface area contributed by atoms with Crippen LogP contribution in [0, 0.1) is 0 Å². The maximum absolute atomic E-state index is 6.03. The van der Waals surface area contributed by atoms with Crippen LogP contribution in [0.3, 0.4) is 0 Å². The third-order valence-electron chi connectivity index (χ3n) is 3.26. The molecule has 0 saturated carbocycles. The third-order valence-corrected chi connectivity index (χ3v) is 5.97. The van der Waals surface area contributed by atoms with Crippen molar-refractivity contribution in [2.45, 2.75) is 17.2 Å². The van der Waals surface area contributed by atoms with Gasteiger partial charge in [-0.3, -0.25) is 0 Å². The first-order valence-corrected chi connectivity index (χ1v) is 9.61. The summed E-state index contributed by atoms with van der Waals surface area (Å²) in [6.45, 7) is 3.18. The van der Waals surface area contributed by atoms with Crippen LogP contribution < -0.4 is 0 Å². The first-order chi connectivity index (χ1) is 9.72. The Hall–Kier alpha value is -0.511. The van der Waals surface area contributed by atoms with Gasteiger partial charge in [0.1, 0.15) is 0 Å². The Bertz CT molecular complexity index is 597. The number of benzene rings is 1. The Morgan fingerprint density at radius 2 is 1.95 bits per heavy atom. The second-order valence-corrected chi connectivity index (χ2v) is 8.08. The molecule has 1 aliphatic heterocycles. The van der Waals surface area contributed by atoms with Crippen molar-refractivity contribution < 1.29 is 4.52 Å². The average Bonchev–Trinajstić information content (AvgIpc) is 2.91. The molecule has 1 aromatic carbocycles. The van der Waals surface area contributed by atoms with Crippen molar-refractivity contribution in [3.63, 3.8) is 0 Å². The van der Waals surface area contributed by atoms with Gasteiger partial charge in [0.15, 0.2) is 0 Å². The van der Waals surface area contributed by atoms with E-state index in [1.54, 1.807) is 6.07 Å². The van der Waals surface area contributed by atoms with Gasteiger partial charge in [0.05, 0.1) is 0 Å². The van der Waals surface area contributed by atoms with Gasteiger partial charge in [-0.25, -0.2) is 0 Å². The van der Waals surface area contributed by atoms with Crippen LogP contribution in [0.25, 0.3) is 11.3 Å². The number of nitrogens with zero attached hydrogens (tertiary/aromatic N) is 2. The quantitative estimate of drug-likeness (QED) is 0.759. The van der Waals surface area contributed by atoms with Crippen molar-refractivity contribution in [1.82, 2.24) is 10.1 Å². The maximum atomic E-state index is 6.03. The van der Waals surface area contributed by atoms with Gasteiger partial charge >= 0.3 is 134 Å². The number of rotatable bonds is 3. The van der Waals surface area contributed by atoms with Crippen LogP contribution in [0.1, 0.15) is 5.76 Å². The van der Waals surface area contributed by atoms with E-state index in [0.29, 0.717) is 10.0 Å². The zero-order chi connectivity index (χ0) is 13.9. The van der Waals surface area contributed by atoms with E-state index in [2.05, 4.69) is 10.1 Å². The molecule has 1 aliphatic rings. The van der Waals surface area contributed by atoms with E-state index < -0.39 is 0 Å². The molecule has 2 heterocycles. The van der Waals surface area contributed by atoms with Gasteiger partial charge in [-0.1, -0.05) is 0 Å². The molecule has 1 fully saturated rings. The Morgan fingerprint density at radius 3 is 2.70 bits per heavy atom. The van der Waals surface area contributed by atoms with Gasteiger partial charge in [-0.2, -0.15) is 0 Å². The molecule has 0 aliphatic carbocycles. The number of aromatic nitrogens is 1. The second-order valence-electron chi connectivity index (χ2n) is 4.70. The van der Waals surface area contributed by atoms with Crippen molar-refractivity contribution in [3.8, 4) is 11.3 Å². The molecule has 2 aromatic rings. The van der Waals surface area contributed by atoms with Crippen LogP contribution in [0.15, 0.2) is 28.8 Å². The fourth-order valence-corrected chi connectivity index (χ4v) is 4.51. The Labute approximate surface area is 134 Å². The fourth-order valence-electron chi connectivity index (χ4n) is 2.16. The van der Waals surface area contributed by atoms with Crippen LogP contribution in [0.4, 0.5) is 0 Å². The number of hydrogen-bond acceptors (Lipinski definition) is 3. The molecule has 1 saturated heterocycles. The predicted molar refractivity (Wildman–Crippen MR) is 82.6 cm³/mol. The summed E-state index contributed by atoms with van der Waals surface area (Å²) in [4.78, 5) is 2.42. The molecule has 0 N–H and O–H groups in total. The Kier molecular flexibility index (Phi) is 4.69. The third kappa shape index (κ3) is 3.38. The Balaban J connectivity index is 1.73. The molecular formula is C14H14Cl2N2OSe. The van der Waals surface area contributed by atoms with Gasteiger partial charge in [0.2, 0.25) is 0 Å². The van der Waals surface area contributed by atoms with Crippen molar-refractivity contribution >= 4 is 38.2 Å². The van der Waals surface area contributed by atoms with E-state index in [-0.39, 0.29) is 0 Å².